The van der Waals surface area contributed by atoms with Crippen molar-refractivity contribution in [3.8, 4) is 0 Å². The fourth-order valence-electron chi connectivity index (χ4n) is 0.324. The summed E-state index contributed by atoms with van der Waals surface area (Å²) < 4.78 is 4.58. The zero-order valence-corrected chi connectivity index (χ0v) is 7.45. The van der Waals surface area contributed by atoms with Crippen LogP contribution in [0.5, 0.6) is 0 Å². The maximum absolute atomic E-state index is 10.6. The molecule has 0 rings (SSSR count). The van der Waals surface area contributed by atoms with Gasteiger partial charge in [-0.15, -0.1) is 12.4 Å². The van der Waals surface area contributed by atoms with Gasteiger partial charge in [0.2, 0.25) is 0 Å². The van der Waals surface area contributed by atoms with Crippen molar-refractivity contribution in [2.45, 2.75) is 13.0 Å². The molecule has 10 heavy (non-hydrogen) atoms. The molecule has 0 fully saturated rings. The highest BCUT2D eigenvalue weighted by Crippen LogP contribution is 1.87. The number of halogens is 1. The maximum Gasteiger partial charge on any atom is 0.323 e. The van der Waals surface area contributed by atoms with Crippen molar-refractivity contribution in [3.63, 3.8) is 0 Å². The minimum absolute atomic E-state index is 0. The second-order valence-electron chi connectivity index (χ2n) is 1.54. The fourth-order valence-corrected chi connectivity index (χ4v) is 0.473. The highest BCUT2D eigenvalue weighted by Gasteiger charge is 2.10. The Bertz CT molecular complexity index is 102. The predicted octanol–water partition coefficient (Wildman–Crippen LogP) is 0.228. The number of rotatable bonds is 3. The highest BCUT2D eigenvalue weighted by atomic mass is 35.5. The van der Waals surface area contributed by atoms with E-state index in [0.29, 0.717) is 12.4 Å². The van der Waals surface area contributed by atoms with Crippen molar-refractivity contribution in [3.05, 3.63) is 0 Å². The summed E-state index contributed by atoms with van der Waals surface area (Å²) in [6.07, 6.45) is 0. The van der Waals surface area contributed by atoms with Crippen molar-refractivity contribution in [2.75, 3.05) is 12.4 Å². The van der Waals surface area contributed by atoms with Crippen LogP contribution in [-0.2, 0) is 9.53 Å². The molecule has 0 radical (unpaired) electrons. The molecule has 0 aromatic rings. The summed E-state index contributed by atoms with van der Waals surface area (Å²) in [4.78, 5) is 10.6. The molecule has 0 aliphatic rings. The highest BCUT2D eigenvalue weighted by molar-refractivity contribution is 7.80. The zero-order chi connectivity index (χ0) is 7.28. The number of nitrogens with two attached hydrogens (primary N) is 1. The molecule has 0 spiro atoms. The molecule has 0 aliphatic carbocycles. The zero-order valence-electron chi connectivity index (χ0n) is 5.74. The van der Waals surface area contributed by atoms with Gasteiger partial charge in [0, 0.05) is 5.75 Å². The minimum atomic E-state index is -0.576. The van der Waals surface area contributed by atoms with Gasteiger partial charge in [0.25, 0.3) is 0 Å². The lowest BCUT2D eigenvalue weighted by Crippen LogP contribution is -2.33. The van der Waals surface area contributed by atoms with Gasteiger partial charge in [-0.2, -0.15) is 12.6 Å². The number of carbonyl (C=O) groups is 1. The van der Waals surface area contributed by atoms with Crippen molar-refractivity contribution in [2.24, 2.45) is 5.73 Å². The van der Waals surface area contributed by atoms with Crippen molar-refractivity contribution >= 4 is 31.0 Å². The van der Waals surface area contributed by atoms with E-state index in [1.165, 1.54) is 0 Å². The first kappa shape index (κ1) is 12.7. The van der Waals surface area contributed by atoms with Gasteiger partial charge in [0.05, 0.1) is 6.61 Å². The summed E-state index contributed by atoms with van der Waals surface area (Å²) in [6.45, 7) is 2.11. The predicted molar refractivity (Wildman–Crippen MR) is 45.7 cm³/mol. The quantitative estimate of drug-likeness (QED) is 0.489. The number of hydrogen-bond acceptors (Lipinski definition) is 4. The molecule has 3 nitrogen and oxygen atoms in total. The second kappa shape index (κ2) is 7.18. The largest absolute Gasteiger partial charge is 0.465 e. The average molecular weight is 186 g/mol. The average Bonchev–Trinajstić information content (AvgIpc) is 1.87. The van der Waals surface area contributed by atoms with Crippen LogP contribution in [-0.4, -0.2) is 24.4 Å². The molecular formula is C5H12ClNO2S. The van der Waals surface area contributed by atoms with Crippen molar-refractivity contribution < 1.29 is 9.53 Å². The minimum Gasteiger partial charge on any atom is -0.465 e. The third-order valence-electron chi connectivity index (χ3n) is 0.786. The summed E-state index contributed by atoms with van der Waals surface area (Å²) in [5, 5.41) is 0. The summed E-state index contributed by atoms with van der Waals surface area (Å²) in [5.74, 6) is -0.0498. The van der Waals surface area contributed by atoms with Gasteiger partial charge in [0.1, 0.15) is 6.04 Å². The summed E-state index contributed by atoms with van der Waals surface area (Å²) in [6, 6.07) is -0.576. The molecule has 0 aromatic heterocycles. The maximum atomic E-state index is 10.6. The monoisotopic (exact) mass is 185 g/mol. The third kappa shape index (κ3) is 4.90. The number of carbonyl (C=O) groups excluding carboxylic acids is 1. The molecule has 0 heterocycles. The van der Waals surface area contributed by atoms with E-state index >= 15 is 0 Å². The Kier molecular flexibility index (Phi) is 9.13. The van der Waals surface area contributed by atoms with Gasteiger partial charge in [-0.1, -0.05) is 0 Å². The van der Waals surface area contributed by atoms with Gasteiger partial charge < -0.3 is 10.5 Å². The summed E-state index contributed by atoms with van der Waals surface area (Å²) >= 11 is 3.82. The Balaban J connectivity index is 0. The molecule has 0 saturated carbocycles. The molecule has 0 aromatic carbocycles. The van der Waals surface area contributed by atoms with Crippen LogP contribution in [0, 0.1) is 0 Å². The van der Waals surface area contributed by atoms with Crippen molar-refractivity contribution in [1.82, 2.24) is 0 Å². The number of ether oxygens (including phenoxy) is 1. The molecule has 1 unspecified atom stereocenters. The normalized spacial score (nSPS) is 11.5. The van der Waals surface area contributed by atoms with Crippen LogP contribution in [0.15, 0.2) is 0 Å². The Hall–Kier alpha value is 0.0700. The second-order valence-corrected chi connectivity index (χ2v) is 1.91. The summed E-state index contributed by atoms with van der Waals surface area (Å²) in [7, 11) is 0. The van der Waals surface area contributed by atoms with Crippen LogP contribution in [0.4, 0.5) is 0 Å². The number of hydrogen-bond donors (Lipinski definition) is 2. The van der Waals surface area contributed by atoms with E-state index in [4.69, 9.17) is 5.73 Å². The topological polar surface area (TPSA) is 52.3 Å². The lowest BCUT2D eigenvalue weighted by Gasteiger charge is -2.05. The Morgan fingerprint density at radius 1 is 1.80 bits per heavy atom. The molecule has 0 aliphatic heterocycles. The van der Waals surface area contributed by atoms with Crippen LogP contribution < -0.4 is 5.73 Å². The van der Waals surface area contributed by atoms with E-state index in [2.05, 4.69) is 17.4 Å². The van der Waals surface area contributed by atoms with Crippen LogP contribution in [0.25, 0.3) is 0 Å². The molecule has 2 N–H and O–H groups in total. The molecule has 62 valence electrons. The van der Waals surface area contributed by atoms with E-state index in [9.17, 15) is 4.79 Å². The van der Waals surface area contributed by atoms with E-state index in [0.717, 1.165) is 0 Å². The third-order valence-corrected chi connectivity index (χ3v) is 1.18. The Labute approximate surface area is 72.1 Å². The van der Waals surface area contributed by atoms with Gasteiger partial charge in [-0.3, -0.25) is 4.79 Å². The number of esters is 1. The van der Waals surface area contributed by atoms with Gasteiger partial charge in [-0.25, -0.2) is 0 Å². The van der Waals surface area contributed by atoms with Gasteiger partial charge >= 0.3 is 5.97 Å². The molecule has 5 heteroatoms. The SMILES string of the molecule is CCOC(=O)C(N)CS.Cl. The standard InChI is InChI=1S/C5H11NO2S.ClH/c1-2-8-5(7)4(6)3-9;/h4,9H,2-3,6H2,1H3;1H. The van der Waals surface area contributed by atoms with E-state index < -0.39 is 6.04 Å². The molecule has 1 atom stereocenters. The lowest BCUT2D eigenvalue weighted by atomic mass is 10.4. The Morgan fingerprint density at radius 3 is 2.60 bits per heavy atom. The van der Waals surface area contributed by atoms with E-state index in [1.807, 2.05) is 0 Å². The van der Waals surface area contributed by atoms with Crippen LogP contribution in [0.2, 0.25) is 0 Å². The molecule has 0 amide bonds. The van der Waals surface area contributed by atoms with Crippen molar-refractivity contribution in [1.29, 1.82) is 0 Å². The molecule has 0 saturated heterocycles. The lowest BCUT2D eigenvalue weighted by molar-refractivity contribution is -0.144. The van der Waals surface area contributed by atoms with Crippen LogP contribution >= 0.6 is 25.0 Å². The number of thiol groups is 1. The molecular weight excluding hydrogens is 174 g/mol. The van der Waals surface area contributed by atoms with Crippen LogP contribution in [0.3, 0.4) is 0 Å². The van der Waals surface area contributed by atoms with Crippen LogP contribution in [0.1, 0.15) is 6.92 Å². The van der Waals surface area contributed by atoms with Gasteiger partial charge in [0.15, 0.2) is 0 Å². The van der Waals surface area contributed by atoms with E-state index in [-0.39, 0.29) is 18.4 Å². The fraction of sp³-hybridized carbons (Fsp3) is 0.800. The first-order valence-electron chi connectivity index (χ1n) is 2.75. The first-order chi connectivity index (χ1) is 4.22. The molecule has 0 bridgehead atoms. The van der Waals surface area contributed by atoms with E-state index in [1.54, 1.807) is 6.92 Å². The summed E-state index contributed by atoms with van der Waals surface area (Å²) in [5.41, 5.74) is 5.25. The first-order valence-corrected chi connectivity index (χ1v) is 3.38. The van der Waals surface area contributed by atoms with Gasteiger partial charge in [-0.05, 0) is 6.92 Å². The Morgan fingerprint density at radius 2 is 2.30 bits per heavy atom. The smallest absolute Gasteiger partial charge is 0.323 e.